The molecule has 6 nitrogen and oxygen atoms in total. The van der Waals surface area contributed by atoms with Crippen molar-refractivity contribution in [3.8, 4) is 0 Å². The quantitative estimate of drug-likeness (QED) is 0.444. The third-order valence-electron chi connectivity index (χ3n) is 3.19. The van der Waals surface area contributed by atoms with Crippen molar-refractivity contribution in [3.63, 3.8) is 0 Å². The number of nitro groups is 1. The molecule has 116 valence electrons. The first-order valence-corrected chi connectivity index (χ1v) is 7.10. The molecule has 2 aromatic rings. The van der Waals surface area contributed by atoms with Gasteiger partial charge in [0.05, 0.1) is 12.7 Å². The van der Waals surface area contributed by atoms with E-state index >= 15 is 0 Å². The second kappa shape index (κ2) is 7.40. The molecule has 0 atom stereocenters. The standard InChI is InChI=1S/C16H17NO5/c1-2-21-16(18)15-13(11-14(22-15)17(19)20)10-6-9-12-7-4-3-5-8-12/h3-5,7-8,11H,2,6,9-10H2,1H3. The fraction of sp³-hybridized carbons (Fsp3) is 0.312. The number of esters is 1. The Hall–Kier alpha value is -2.63. The highest BCUT2D eigenvalue weighted by molar-refractivity contribution is 5.88. The molecule has 6 heteroatoms. The van der Waals surface area contributed by atoms with Gasteiger partial charge in [0.25, 0.3) is 0 Å². The number of rotatable bonds is 7. The second-order valence-electron chi connectivity index (χ2n) is 4.76. The minimum atomic E-state index is -0.662. The van der Waals surface area contributed by atoms with Crippen molar-refractivity contribution in [1.29, 1.82) is 0 Å². The predicted molar refractivity (Wildman–Crippen MR) is 79.8 cm³/mol. The Morgan fingerprint density at radius 2 is 2.00 bits per heavy atom. The van der Waals surface area contributed by atoms with E-state index in [0.717, 1.165) is 12.8 Å². The van der Waals surface area contributed by atoms with E-state index in [1.54, 1.807) is 6.92 Å². The molecular formula is C16H17NO5. The van der Waals surface area contributed by atoms with Crippen molar-refractivity contribution in [2.45, 2.75) is 26.2 Å². The highest BCUT2D eigenvalue weighted by Gasteiger charge is 2.24. The number of carbonyl (C=O) groups excluding carboxylic acids is 1. The fourth-order valence-corrected chi connectivity index (χ4v) is 2.19. The maximum absolute atomic E-state index is 11.8. The summed E-state index contributed by atoms with van der Waals surface area (Å²) in [6.45, 7) is 1.86. The van der Waals surface area contributed by atoms with Gasteiger partial charge in [0, 0.05) is 5.56 Å². The zero-order chi connectivity index (χ0) is 15.9. The molecule has 0 fully saturated rings. The molecule has 0 spiro atoms. The van der Waals surface area contributed by atoms with Crippen molar-refractivity contribution in [2.24, 2.45) is 0 Å². The molecule has 0 bridgehead atoms. The number of furan rings is 1. The van der Waals surface area contributed by atoms with Gasteiger partial charge in [-0.1, -0.05) is 30.3 Å². The molecule has 2 rings (SSSR count). The summed E-state index contributed by atoms with van der Waals surface area (Å²) in [4.78, 5) is 21.9. The first-order valence-electron chi connectivity index (χ1n) is 7.10. The van der Waals surface area contributed by atoms with Crippen molar-refractivity contribution in [3.05, 3.63) is 63.4 Å². The van der Waals surface area contributed by atoms with E-state index in [1.807, 2.05) is 30.3 Å². The fourth-order valence-electron chi connectivity index (χ4n) is 2.19. The molecule has 0 saturated heterocycles. The number of hydrogen-bond donors (Lipinski definition) is 0. The van der Waals surface area contributed by atoms with Crippen LogP contribution in [0.1, 0.15) is 35.0 Å². The van der Waals surface area contributed by atoms with E-state index in [-0.39, 0.29) is 12.4 Å². The van der Waals surface area contributed by atoms with Gasteiger partial charge in [0.15, 0.2) is 0 Å². The molecule has 1 aromatic heterocycles. The topological polar surface area (TPSA) is 82.6 Å². The molecule has 0 unspecified atom stereocenters. The molecule has 0 N–H and O–H groups in total. The average molecular weight is 303 g/mol. The van der Waals surface area contributed by atoms with Gasteiger partial charge in [-0.25, -0.2) is 4.79 Å². The Morgan fingerprint density at radius 3 is 2.64 bits per heavy atom. The first kappa shape index (κ1) is 15.8. The van der Waals surface area contributed by atoms with Crippen LogP contribution in [0, 0.1) is 10.1 Å². The van der Waals surface area contributed by atoms with Crippen molar-refractivity contribution in [2.75, 3.05) is 6.61 Å². The van der Waals surface area contributed by atoms with Crippen LogP contribution in [0.2, 0.25) is 0 Å². The Kier molecular flexibility index (Phi) is 5.30. The molecular weight excluding hydrogens is 286 g/mol. The minimum Gasteiger partial charge on any atom is -0.460 e. The van der Waals surface area contributed by atoms with Crippen LogP contribution in [-0.2, 0) is 17.6 Å². The van der Waals surface area contributed by atoms with Crippen LogP contribution in [0.4, 0.5) is 5.88 Å². The Labute approximate surface area is 127 Å². The van der Waals surface area contributed by atoms with Gasteiger partial charge in [0.1, 0.15) is 4.92 Å². The third-order valence-corrected chi connectivity index (χ3v) is 3.19. The molecule has 0 aliphatic heterocycles. The van der Waals surface area contributed by atoms with Crippen LogP contribution < -0.4 is 0 Å². The van der Waals surface area contributed by atoms with Crippen LogP contribution in [0.25, 0.3) is 0 Å². The van der Waals surface area contributed by atoms with Gasteiger partial charge in [-0.05, 0) is 31.7 Å². The Morgan fingerprint density at radius 1 is 1.27 bits per heavy atom. The average Bonchev–Trinajstić information content (AvgIpc) is 2.93. The SMILES string of the molecule is CCOC(=O)c1oc([N+](=O)[O-])cc1CCCc1ccccc1. The number of hydrogen-bond acceptors (Lipinski definition) is 5. The minimum absolute atomic E-state index is 0.0680. The number of aryl methyl sites for hydroxylation is 2. The highest BCUT2D eigenvalue weighted by Crippen LogP contribution is 2.24. The monoisotopic (exact) mass is 303 g/mol. The number of benzene rings is 1. The maximum Gasteiger partial charge on any atom is 0.434 e. The summed E-state index contributed by atoms with van der Waals surface area (Å²) in [5, 5.41) is 10.8. The van der Waals surface area contributed by atoms with Crippen LogP contribution >= 0.6 is 0 Å². The van der Waals surface area contributed by atoms with E-state index in [9.17, 15) is 14.9 Å². The summed E-state index contributed by atoms with van der Waals surface area (Å²) >= 11 is 0. The lowest BCUT2D eigenvalue weighted by Gasteiger charge is -2.02. The number of ether oxygens (including phenoxy) is 1. The summed E-state index contributed by atoms with van der Waals surface area (Å²) in [6, 6.07) is 11.2. The van der Waals surface area contributed by atoms with Gasteiger partial charge in [-0.3, -0.25) is 10.1 Å². The van der Waals surface area contributed by atoms with Crippen molar-refractivity contribution < 1.29 is 18.9 Å². The highest BCUT2D eigenvalue weighted by atomic mass is 16.7. The molecule has 1 heterocycles. The maximum atomic E-state index is 11.8. The molecule has 22 heavy (non-hydrogen) atoms. The predicted octanol–water partition coefficient (Wildman–Crippen LogP) is 3.54. The lowest BCUT2D eigenvalue weighted by atomic mass is 10.0. The van der Waals surface area contributed by atoms with E-state index in [4.69, 9.17) is 9.15 Å². The van der Waals surface area contributed by atoms with Gasteiger partial charge in [-0.2, -0.15) is 0 Å². The van der Waals surface area contributed by atoms with Gasteiger partial charge < -0.3 is 9.15 Å². The third kappa shape index (κ3) is 3.94. The van der Waals surface area contributed by atoms with Crippen LogP contribution in [0.15, 0.2) is 40.8 Å². The zero-order valence-corrected chi connectivity index (χ0v) is 12.3. The smallest absolute Gasteiger partial charge is 0.434 e. The second-order valence-corrected chi connectivity index (χ2v) is 4.76. The Balaban J connectivity index is 2.08. The van der Waals surface area contributed by atoms with Gasteiger partial charge in [-0.15, -0.1) is 0 Å². The molecule has 0 amide bonds. The number of carbonyl (C=O) groups is 1. The van der Waals surface area contributed by atoms with Crippen molar-refractivity contribution in [1.82, 2.24) is 0 Å². The summed E-state index contributed by atoms with van der Waals surface area (Å²) in [6.07, 6.45) is 2.09. The Bertz CT molecular complexity index is 648. The first-order chi connectivity index (χ1) is 10.6. The zero-order valence-electron chi connectivity index (χ0n) is 12.3. The van der Waals surface area contributed by atoms with E-state index in [2.05, 4.69) is 0 Å². The summed E-state index contributed by atoms with van der Waals surface area (Å²) < 4.78 is 9.89. The molecule has 1 aromatic carbocycles. The summed E-state index contributed by atoms with van der Waals surface area (Å²) in [7, 11) is 0. The normalized spacial score (nSPS) is 10.4. The van der Waals surface area contributed by atoms with E-state index in [0.29, 0.717) is 12.0 Å². The van der Waals surface area contributed by atoms with Gasteiger partial charge in [0.2, 0.25) is 5.76 Å². The summed E-state index contributed by atoms with van der Waals surface area (Å²) in [5.74, 6) is -1.16. The molecule has 0 aliphatic carbocycles. The molecule has 0 saturated carbocycles. The van der Waals surface area contributed by atoms with Crippen LogP contribution in [0.3, 0.4) is 0 Å². The number of nitrogens with zero attached hydrogens (tertiary/aromatic N) is 1. The lowest BCUT2D eigenvalue weighted by molar-refractivity contribution is -0.402. The van der Waals surface area contributed by atoms with Crippen molar-refractivity contribution >= 4 is 11.9 Å². The summed E-state index contributed by atoms with van der Waals surface area (Å²) in [5.41, 5.74) is 1.69. The van der Waals surface area contributed by atoms with Crippen LogP contribution in [-0.4, -0.2) is 17.5 Å². The van der Waals surface area contributed by atoms with E-state index < -0.39 is 16.8 Å². The van der Waals surface area contributed by atoms with Crippen LogP contribution in [0.5, 0.6) is 0 Å². The largest absolute Gasteiger partial charge is 0.460 e. The lowest BCUT2D eigenvalue weighted by Crippen LogP contribution is -2.06. The van der Waals surface area contributed by atoms with Gasteiger partial charge >= 0.3 is 11.9 Å². The molecule has 0 radical (unpaired) electrons. The molecule has 0 aliphatic rings. The van der Waals surface area contributed by atoms with E-state index in [1.165, 1.54) is 11.6 Å².